The van der Waals surface area contributed by atoms with Gasteiger partial charge in [0.15, 0.2) is 4.34 Å². The van der Waals surface area contributed by atoms with Gasteiger partial charge >= 0.3 is 0 Å². The molecule has 0 saturated carbocycles. The Hall–Kier alpha value is -1.99. The van der Waals surface area contributed by atoms with Gasteiger partial charge in [-0.3, -0.25) is 15.1 Å². The highest BCUT2D eigenvalue weighted by molar-refractivity contribution is 8.01. The highest BCUT2D eigenvalue weighted by Crippen LogP contribution is 2.26. The van der Waals surface area contributed by atoms with Crippen molar-refractivity contribution in [2.45, 2.75) is 11.3 Å². The van der Waals surface area contributed by atoms with E-state index in [0.717, 1.165) is 21.0 Å². The number of nitrogens with zero attached hydrogens (tertiary/aromatic N) is 3. The highest BCUT2D eigenvalue weighted by Gasteiger charge is 2.13. The van der Waals surface area contributed by atoms with Crippen LogP contribution in [-0.2, 0) is 0 Å². The second kappa shape index (κ2) is 6.19. The van der Waals surface area contributed by atoms with E-state index in [1.165, 1.54) is 11.3 Å². The second-order valence-electron chi connectivity index (χ2n) is 4.14. The third kappa shape index (κ3) is 3.03. The number of nitrogens with one attached hydrogen (secondary N) is 1. The second-order valence-corrected chi connectivity index (χ2v) is 6.62. The van der Waals surface area contributed by atoms with Gasteiger partial charge in [-0.1, -0.05) is 42.2 Å². The lowest BCUT2D eigenvalue weighted by molar-refractivity contribution is 0.102. The molecule has 2 heterocycles. The number of thioether (sulfide) groups is 1. The summed E-state index contributed by atoms with van der Waals surface area (Å²) in [6.07, 6.45) is 1.71. The number of fused-ring (bicyclic) bond motifs is 1. The van der Waals surface area contributed by atoms with Crippen molar-refractivity contribution in [1.29, 1.82) is 0 Å². The zero-order valence-corrected chi connectivity index (χ0v) is 12.9. The molecule has 0 aliphatic heterocycles. The van der Waals surface area contributed by atoms with Crippen LogP contribution >= 0.6 is 23.1 Å². The molecular weight excluding hydrogens is 304 g/mol. The standard InChI is InChI=1S/C14H12N4OS2/c1-2-20-14-18-17-13(21-14)16-12(19)10-5-3-7-11-9(10)6-4-8-15-11/h3-8H,2H2,1H3,(H,16,17,19). The average molecular weight is 316 g/mol. The third-order valence-corrected chi connectivity index (χ3v) is 4.64. The topological polar surface area (TPSA) is 67.8 Å². The number of aromatic nitrogens is 3. The Morgan fingerprint density at radius 1 is 1.29 bits per heavy atom. The summed E-state index contributed by atoms with van der Waals surface area (Å²) in [4.78, 5) is 16.6. The Balaban J connectivity index is 1.86. The summed E-state index contributed by atoms with van der Waals surface area (Å²) in [6.45, 7) is 2.05. The number of amides is 1. The van der Waals surface area contributed by atoms with Crippen LogP contribution < -0.4 is 5.32 Å². The fourth-order valence-corrected chi connectivity index (χ4v) is 3.55. The van der Waals surface area contributed by atoms with E-state index in [9.17, 15) is 4.79 Å². The van der Waals surface area contributed by atoms with E-state index in [1.807, 2.05) is 31.2 Å². The Kier molecular flexibility index (Phi) is 4.12. The first kappa shape index (κ1) is 14.0. The number of rotatable bonds is 4. The van der Waals surface area contributed by atoms with Gasteiger partial charge < -0.3 is 0 Å². The smallest absolute Gasteiger partial charge is 0.258 e. The van der Waals surface area contributed by atoms with Crippen LogP contribution in [0, 0.1) is 0 Å². The van der Waals surface area contributed by atoms with Gasteiger partial charge in [-0.15, -0.1) is 10.2 Å². The average Bonchev–Trinajstić information content (AvgIpc) is 2.94. The van der Waals surface area contributed by atoms with Gasteiger partial charge in [0, 0.05) is 17.1 Å². The van der Waals surface area contributed by atoms with Gasteiger partial charge in [0.05, 0.1) is 5.52 Å². The summed E-state index contributed by atoms with van der Waals surface area (Å²) < 4.78 is 0.854. The zero-order chi connectivity index (χ0) is 14.7. The number of hydrogen-bond acceptors (Lipinski definition) is 6. The molecule has 3 rings (SSSR count). The lowest BCUT2D eigenvalue weighted by Gasteiger charge is -2.04. The molecule has 2 aromatic heterocycles. The van der Waals surface area contributed by atoms with Crippen molar-refractivity contribution in [3.8, 4) is 0 Å². The van der Waals surface area contributed by atoms with E-state index in [-0.39, 0.29) is 5.91 Å². The van der Waals surface area contributed by atoms with Crippen molar-refractivity contribution in [3.63, 3.8) is 0 Å². The lowest BCUT2D eigenvalue weighted by atomic mass is 10.1. The molecule has 0 aliphatic rings. The van der Waals surface area contributed by atoms with Crippen molar-refractivity contribution in [2.24, 2.45) is 0 Å². The summed E-state index contributed by atoms with van der Waals surface area (Å²) in [5.41, 5.74) is 1.38. The van der Waals surface area contributed by atoms with Crippen molar-refractivity contribution in [2.75, 3.05) is 11.1 Å². The first-order chi connectivity index (χ1) is 10.3. The molecule has 0 bridgehead atoms. The maximum atomic E-state index is 12.4. The Morgan fingerprint density at radius 2 is 2.19 bits per heavy atom. The molecule has 0 spiro atoms. The maximum absolute atomic E-state index is 12.4. The van der Waals surface area contributed by atoms with Gasteiger partial charge in [-0.2, -0.15) is 0 Å². The van der Waals surface area contributed by atoms with Crippen LogP contribution in [0.4, 0.5) is 5.13 Å². The van der Waals surface area contributed by atoms with E-state index in [0.29, 0.717) is 10.7 Å². The molecule has 0 unspecified atom stereocenters. The van der Waals surface area contributed by atoms with Crippen LogP contribution in [0.25, 0.3) is 10.9 Å². The van der Waals surface area contributed by atoms with Gasteiger partial charge in [0.2, 0.25) is 5.13 Å². The van der Waals surface area contributed by atoms with E-state index in [1.54, 1.807) is 24.0 Å². The fraction of sp³-hybridized carbons (Fsp3) is 0.143. The monoisotopic (exact) mass is 316 g/mol. The molecule has 1 aromatic carbocycles. The predicted molar refractivity (Wildman–Crippen MR) is 86.0 cm³/mol. The Labute approximate surface area is 129 Å². The van der Waals surface area contributed by atoms with Crippen LogP contribution in [0.15, 0.2) is 40.9 Å². The van der Waals surface area contributed by atoms with Gasteiger partial charge in [-0.25, -0.2) is 0 Å². The molecular formula is C14H12N4OS2. The van der Waals surface area contributed by atoms with Gasteiger partial charge in [0.1, 0.15) is 0 Å². The minimum absolute atomic E-state index is 0.196. The van der Waals surface area contributed by atoms with E-state index < -0.39 is 0 Å². The number of carbonyl (C=O) groups excluding carboxylic acids is 1. The molecule has 21 heavy (non-hydrogen) atoms. The van der Waals surface area contributed by atoms with E-state index in [2.05, 4.69) is 20.5 Å². The minimum atomic E-state index is -0.196. The molecule has 0 atom stereocenters. The van der Waals surface area contributed by atoms with Crippen molar-refractivity contribution < 1.29 is 4.79 Å². The summed E-state index contributed by atoms with van der Waals surface area (Å²) in [5.74, 6) is 0.732. The fourth-order valence-electron chi connectivity index (χ4n) is 1.91. The first-order valence-corrected chi connectivity index (χ1v) is 8.19. The number of benzene rings is 1. The summed E-state index contributed by atoms with van der Waals surface area (Å²) in [5, 5.41) is 12.1. The van der Waals surface area contributed by atoms with E-state index >= 15 is 0 Å². The van der Waals surface area contributed by atoms with Gasteiger partial charge in [-0.05, 0) is 24.0 Å². The lowest BCUT2D eigenvalue weighted by Crippen LogP contribution is -2.12. The van der Waals surface area contributed by atoms with E-state index in [4.69, 9.17) is 0 Å². The molecule has 1 N–H and O–H groups in total. The highest BCUT2D eigenvalue weighted by atomic mass is 32.2. The number of hydrogen-bond donors (Lipinski definition) is 1. The summed E-state index contributed by atoms with van der Waals surface area (Å²) in [7, 11) is 0. The van der Waals surface area contributed by atoms with Crippen molar-refractivity contribution in [1.82, 2.24) is 15.2 Å². The van der Waals surface area contributed by atoms with Gasteiger partial charge in [0.25, 0.3) is 5.91 Å². The first-order valence-electron chi connectivity index (χ1n) is 6.39. The molecule has 0 radical (unpaired) electrons. The molecule has 0 saturated heterocycles. The quantitative estimate of drug-likeness (QED) is 0.590. The molecule has 106 valence electrons. The van der Waals surface area contributed by atoms with Crippen LogP contribution in [0.5, 0.6) is 0 Å². The van der Waals surface area contributed by atoms with Crippen molar-refractivity contribution >= 4 is 45.0 Å². The van der Waals surface area contributed by atoms with Crippen molar-refractivity contribution in [3.05, 3.63) is 42.1 Å². The molecule has 3 aromatic rings. The summed E-state index contributed by atoms with van der Waals surface area (Å²) >= 11 is 2.98. The molecule has 0 fully saturated rings. The largest absolute Gasteiger partial charge is 0.296 e. The molecule has 1 amide bonds. The number of anilines is 1. The minimum Gasteiger partial charge on any atom is -0.296 e. The van der Waals surface area contributed by atoms with Crippen LogP contribution in [0.2, 0.25) is 0 Å². The Bertz CT molecular complexity index is 782. The molecule has 5 nitrogen and oxygen atoms in total. The summed E-state index contributed by atoms with van der Waals surface area (Å²) in [6, 6.07) is 9.19. The number of carbonyl (C=O) groups is 1. The molecule has 7 heteroatoms. The van der Waals surface area contributed by atoms with Crippen LogP contribution in [0.3, 0.4) is 0 Å². The van der Waals surface area contributed by atoms with Crippen LogP contribution in [-0.4, -0.2) is 26.8 Å². The normalized spacial score (nSPS) is 10.7. The SMILES string of the molecule is CCSc1nnc(NC(=O)c2cccc3ncccc23)s1. The Morgan fingerprint density at radius 3 is 3.05 bits per heavy atom. The predicted octanol–water partition coefficient (Wildman–Crippen LogP) is 3.45. The number of pyridine rings is 1. The van der Waals surface area contributed by atoms with Crippen LogP contribution in [0.1, 0.15) is 17.3 Å². The molecule has 0 aliphatic carbocycles. The maximum Gasteiger partial charge on any atom is 0.258 e. The third-order valence-electron chi connectivity index (χ3n) is 2.79. The zero-order valence-electron chi connectivity index (χ0n) is 11.2.